The second-order valence-corrected chi connectivity index (χ2v) is 4.88. The van der Waals surface area contributed by atoms with E-state index >= 15 is 0 Å². The summed E-state index contributed by atoms with van der Waals surface area (Å²) >= 11 is 0. The van der Waals surface area contributed by atoms with E-state index in [0.717, 1.165) is 12.1 Å². The molecule has 0 spiro atoms. The number of hydrogen-bond acceptors (Lipinski definition) is 3. The van der Waals surface area contributed by atoms with E-state index in [-0.39, 0.29) is 24.0 Å². The molecule has 0 saturated carbocycles. The van der Waals surface area contributed by atoms with Crippen LogP contribution in [0.3, 0.4) is 0 Å². The van der Waals surface area contributed by atoms with Crippen LogP contribution in [0.5, 0.6) is 11.5 Å². The summed E-state index contributed by atoms with van der Waals surface area (Å²) in [6.45, 7) is -3.00. The molecule has 2 aromatic rings. The number of nitrogens with one attached hydrogen (secondary N) is 1. The Balaban J connectivity index is 1.98. The lowest BCUT2D eigenvalue weighted by molar-refractivity contribution is -0.274. The number of hydrogen-bond donors (Lipinski definition) is 2. The third-order valence-electron chi connectivity index (χ3n) is 2.97. The topological polar surface area (TPSA) is 68.9 Å². The number of guanidine groups is 1. The SMILES string of the molecule is NC(=NCc1ccccc1OC(F)F)Nc1ccc(OC(F)(F)F)cc1. The van der Waals surface area contributed by atoms with Crippen LogP contribution in [0.1, 0.15) is 5.56 Å². The number of benzene rings is 2. The Morgan fingerprint density at radius 1 is 1.08 bits per heavy atom. The number of para-hydroxylation sites is 1. The molecule has 0 aliphatic carbocycles. The van der Waals surface area contributed by atoms with E-state index in [4.69, 9.17) is 5.73 Å². The van der Waals surface area contributed by atoms with Crippen LogP contribution in [0.25, 0.3) is 0 Å². The van der Waals surface area contributed by atoms with Gasteiger partial charge in [-0.15, -0.1) is 13.2 Å². The van der Waals surface area contributed by atoms with Gasteiger partial charge in [-0.3, -0.25) is 0 Å². The van der Waals surface area contributed by atoms with Crippen molar-refractivity contribution in [3.63, 3.8) is 0 Å². The lowest BCUT2D eigenvalue weighted by Gasteiger charge is -2.11. The van der Waals surface area contributed by atoms with Crippen molar-refractivity contribution in [1.29, 1.82) is 0 Å². The predicted molar refractivity (Wildman–Crippen MR) is 85.1 cm³/mol. The van der Waals surface area contributed by atoms with Gasteiger partial charge in [0.25, 0.3) is 0 Å². The Morgan fingerprint density at radius 2 is 1.73 bits per heavy atom. The van der Waals surface area contributed by atoms with Crippen molar-refractivity contribution in [3.05, 3.63) is 54.1 Å². The van der Waals surface area contributed by atoms with E-state index in [1.807, 2.05) is 0 Å². The first-order valence-electron chi connectivity index (χ1n) is 7.18. The molecule has 0 radical (unpaired) electrons. The number of halogens is 5. The molecule has 0 heterocycles. The van der Waals surface area contributed by atoms with Crippen molar-refractivity contribution < 1.29 is 31.4 Å². The van der Waals surface area contributed by atoms with Crippen LogP contribution in [0, 0.1) is 0 Å². The zero-order valence-electron chi connectivity index (χ0n) is 13.1. The fraction of sp³-hybridized carbons (Fsp3) is 0.188. The number of ether oxygens (including phenoxy) is 2. The molecule has 0 aromatic heterocycles. The Labute approximate surface area is 145 Å². The van der Waals surface area contributed by atoms with Crippen LogP contribution < -0.4 is 20.5 Å². The van der Waals surface area contributed by atoms with Gasteiger partial charge in [-0.25, -0.2) is 4.99 Å². The minimum Gasteiger partial charge on any atom is -0.434 e. The van der Waals surface area contributed by atoms with E-state index in [2.05, 4.69) is 19.8 Å². The highest BCUT2D eigenvalue weighted by Gasteiger charge is 2.30. The van der Waals surface area contributed by atoms with Crippen molar-refractivity contribution in [2.45, 2.75) is 19.5 Å². The molecular formula is C16H14F5N3O2. The van der Waals surface area contributed by atoms with Crippen LogP contribution in [0.2, 0.25) is 0 Å². The van der Waals surface area contributed by atoms with Crippen LogP contribution in [0.4, 0.5) is 27.6 Å². The Kier molecular flexibility index (Phi) is 6.21. The molecule has 10 heteroatoms. The van der Waals surface area contributed by atoms with Gasteiger partial charge in [0, 0.05) is 11.3 Å². The zero-order chi connectivity index (χ0) is 19.2. The summed E-state index contributed by atoms with van der Waals surface area (Å²) in [5.41, 5.74) is 6.45. The maximum absolute atomic E-state index is 12.3. The van der Waals surface area contributed by atoms with Crippen LogP contribution in [-0.4, -0.2) is 18.9 Å². The van der Waals surface area contributed by atoms with E-state index in [1.54, 1.807) is 12.1 Å². The summed E-state index contributed by atoms with van der Waals surface area (Å²) in [4.78, 5) is 3.99. The zero-order valence-corrected chi connectivity index (χ0v) is 13.1. The lowest BCUT2D eigenvalue weighted by Crippen LogP contribution is -2.22. The molecule has 2 rings (SSSR count). The van der Waals surface area contributed by atoms with Crippen molar-refractivity contribution in [2.75, 3.05) is 5.32 Å². The molecule has 0 amide bonds. The Morgan fingerprint density at radius 3 is 2.35 bits per heavy atom. The highest BCUT2D eigenvalue weighted by Crippen LogP contribution is 2.24. The standard InChI is InChI=1S/C16H14F5N3O2/c17-14(18)25-13-4-2-1-3-10(13)9-23-15(22)24-11-5-7-12(8-6-11)26-16(19,20)21/h1-8,14H,9H2,(H3,22,23,24). The molecule has 2 aromatic carbocycles. The number of anilines is 1. The molecule has 0 bridgehead atoms. The Bertz CT molecular complexity index is 748. The largest absolute Gasteiger partial charge is 0.573 e. The molecule has 5 nitrogen and oxygen atoms in total. The summed E-state index contributed by atoms with van der Waals surface area (Å²) in [7, 11) is 0. The van der Waals surface area contributed by atoms with Gasteiger partial charge in [0.1, 0.15) is 11.5 Å². The molecule has 0 aliphatic rings. The van der Waals surface area contributed by atoms with Gasteiger partial charge in [0.05, 0.1) is 6.54 Å². The number of aliphatic imine (C=N–C) groups is 1. The minimum atomic E-state index is -4.77. The van der Waals surface area contributed by atoms with Gasteiger partial charge in [0.15, 0.2) is 5.96 Å². The molecule has 0 atom stereocenters. The highest BCUT2D eigenvalue weighted by atomic mass is 19.4. The average molecular weight is 375 g/mol. The normalized spacial score (nSPS) is 12.2. The number of nitrogens with zero attached hydrogens (tertiary/aromatic N) is 1. The fourth-order valence-corrected chi connectivity index (χ4v) is 1.94. The van der Waals surface area contributed by atoms with Gasteiger partial charge in [-0.1, -0.05) is 18.2 Å². The minimum absolute atomic E-state index is 0.0206. The molecule has 3 N–H and O–H groups in total. The van der Waals surface area contributed by atoms with Gasteiger partial charge in [-0.05, 0) is 30.3 Å². The van der Waals surface area contributed by atoms with Crippen molar-refractivity contribution in [3.8, 4) is 11.5 Å². The Hall–Kier alpha value is -3.04. The van der Waals surface area contributed by atoms with E-state index in [1.165, 1.54) is 24.3 Å². The van der Waals surface area contributed by atoms with E-state index in [0.29, 0.717) is 11.3 Å². The fourth-order valence-electron chi connectivity index (χ4n) is 1.94. The quantitative estimate of drug-likeness (QED) is 0.453. The smallest absolute Gasteiger partial charge is 0.434 e. The summed E-state index contributed by atoms with van der Waals surface area (Å²) in [6, 6.07) is 10.9. The van der Waals surface area contributed by atoms with Crippen molar-refractivity contribution in [2.24, 2.45) is 10.7 Å². The van der Waals surface area contributed by atoms with Gasteiger partial charge in [-0.2, -0.15) is 8.78 Å². The maximum atomic E-state index is 12.3. The number of nitrogens with two attached hydrogens (primary N) is 1. The van der Waals surface area contributed by atoms with Crippen LogP contribution in [-0.2, 0) is 6.54 Å². The molecule has 26 heavy (non-hydrogen) atoms. The predicted octanol–water partition coefficient (Wildman–Crippen LogP) is 4.11. The van der Waals surface area contributed by atoms with Gasteiger partial charge < -0.3 is 20.5 Å². The van der Waals surface area contributed by atoms with Crippen LogP contribution in [0.15, 0.2) is 53.5 Å². The molecule has 0 saturated heterocycles. The number of rotatable bonds is 6. The first-order chi connectivity index (χ1) is 12.2. The van der Waals surface area contributed by atoms with Crippen molar-refractivity contribution >= 4 is 11.6 Å². The second-order valence-electron chi connectivity index (χ2n) is 4.88. The lowest BCUT2D eigenvalue weighted by atomic mass is 10.2. The van der Waals surface area contributed by atoms with Gasteiger partial charge in [0.2, 0.25) is 0 Å². The highest BCUT2D eigenvalue weighted by molar-refractivity contribution is 5.92. The first-order valence-corrected chi connectivity index (χ1v) is 7.18. The third-order valence-corrected chi connectivity index (χ3v) is 2.97. The molecule has 0 aliphatic heterocycles. The summed E-state index contributed by atoms with van der Waals surface area (Å²) in [6.07, 6.45) is -4.77. The van der Waals surface area contributed by atoms with Crippen molar-refractivity contribution in [1.82, 2.24) is 0 Å². The second kappa shape index (κ2) is 8.37. The first kappa shape index (κ1) is 19.3. The molecule has 140 valence electrons. The summed E-state index contributed by atoms with van der Waals surface area (Å²) < 4.78 is 69.1. The molecule has 0 fully saturated rings. The van der Waals surface area contributed by atoms with E-state index < -0.39 is 13.0 Å². The summed E-state index contributed by atoms with van der Waals surface area (Å²) in [5.74, 6) is -0.453. The maximum Gasteiger partial charge on any atom is 0.573 e. The monoisotopic (exact) mass is 375 g/mol. The van der Waals surface area contributed by atoms with E-state index in [9.17, 15) is 22.0 Å². The molecular weight excluding hydrogens is 361 g/mol. The summed E-state index contributed by atoms with van der Waals surface area (Å²) in [5, 5.41) is 2.66. The third kappa shape index (κ3) is 6.46. The van der Waals surface area contributed by atoms with Gasteiger partial charge >= 0.3 is 13.0 Å². The van der Waals surface area contributed by atoms with Crippen LogP contribution >= 0.6 is 0 Å². The molecule has 0 unspecified atom stereocenters. The average Bonchev–Trinajstić information content (AvgIpc) is 2.54. The number of alkyl halides is 5.